The molecule has 21 heavy (non-hydrogen) atoms. The summed E-state index contributed by atoms with van der Waals surface area (Å²) in [7, 11) is 1.87. The van der Waals surface area contributed by atoms with Crippen LogP contribution in [0.3, 0.4) is 0 Å². The summed E-state index contributed by atoms with van der Waals surface area (Å²) in [4.78, 5) is 12.2. The number of hydrogen-bond donors (Lipinski definition) is 0. The maximum atomic E-state index is 12.2. The molecular weight excluding hydrogens is 288 g/mol. The van der Waals surface area contributed by atoms with Gasteiger partial charge in [-0.2, -0.15) is 5.10 Å². The van der Waals surface area contributed by atoms with Crippen LogP contribution < -0.4 is 0 Å². The van der Waals surface area contributed by atoms with Crippen LogP contribution in [0.15, 0.2) is 24.3 Å². The first-order chi connectivity index (χ1) is 9.91. The zero-order valence-electron chi connectivity index (χ0n) is 12.7. The first kappa shape index (κ1) is 15.6. The quantitative estimate of drug-likeness (QED) is 0.812. The molecule has 1 aromatic carbocycles. The van der Waals surface area contributed by atoms with Crippen molar-refractivity contribution in [2.45, 2.75) is 33.3 Å². The second-order valence-electron chi connectivity index (χ2n) is 5.13. The van der Waals surface area contributed by atoms with Crippen LogP contribution in [0, 0.1) is 13.8 Å². The van der Waals surface area contributed by atoms with Crippen molar-refractivity contribution in [3.63, 3.8) is 0 Å². The second kappa shape index (κ2) is 6.31. The van der Waals surface area contributed by atoms with Crippen LogP contribution in [0.1, 0.15) is 35.4 Å². The highest BCUT2D eigenvalue weighted by molar-refractivity contribution is 6.31. The molecule has 0 aliphatic carbocycles. The molecule has 0 unspecified atom stereocenters. The second-order valence-corrected chi connectivity index (χ2v) is 5.54. The fourth-order valence-electron chi connectivity index (χ4n) is 2.42. The molecule has 5 heteroatoms. The van der Waals surface area contributed by atoms with Gasteiger partial charge in [-0.3, -0.25) is 9.48 Å². The van der Waals surface area contributed by atoms with E-state index in [4.69, 9.17) is 16.3 Å². The first-order valence-electron chi connectivity index (χ1n) is 6.82. The van der Waals surface area contributed by atoms with Crippen molar-refractivity contribution < 1.29 is 9.53 Å². The maximum Gasteiger partial charge on any atom is 0.313 e. The number of halogens is 1. The highest BCUT2D eigenvalue weighted by Gasteiger charge is 2.24. The Balaban J connectivity index is 2.08. The summed E-state index contributed by atoms with van der Waals surface area (Å²) in [5.41, 5.74) is 3.58. The number of ether oxygens (including phenoxy) is 1. The van der Waals surface area contributed by atoms with Crippen LogP contribution in [0.2, 0.25) is 5.02 Å². The smallest absolute Gasteiger partial charge is 0.313 e. The Bertz CT molecular complexity index is 664. The molecule has 0 fully saturated rings. The lowest BCUT2D eigenvalue weighted by Gasteiger charge is -2.13. The number of carbonyl (C=O) groups is 1. The molecule has 0 aliphatic rings. The molecule has 2 rings (SSSR count). The average molecular weight is 307 g/mol. The largest absolute Gasteiger partial charge is 0.460 e. The Morgan fingerprint density at radius 2 is 2.05 bits per heavy atom. The normalized spacial score (nSPS) is 12.2. The number of benzene rings is 1. The highest BCUT2D eigenvalue weighted by Crippen LogP contribution is 2.25. The Hall–Kier alpha value is -1.81. The fourth-order valence-corrected chi connectivity index (χ4v) is 2.61. The minimum absolute atomic E-state index is 0.182. The van der Waals surface area contributed by atoms with E-state index >= 15 is 0 Å². The molecule has 2 aromatic rings. The predicted molar refractivity (Wildman–Crippen MR) is 82.3 cm³/mol. The third-order valence-corrected chi connectivity index (χ3v) is 4.05. The maximum absolute atomic E-state index is 12.2. The lowest BCUT2D eigenvalue weighted by molar-refractivity contribution is -0.146. The Kier molecular flexibility index (Phi) is 4.68. The molecule has 1 heterocycles. The first-order valence-corrected chi connectivity index (χ1v) is 7.19. The Morgan fingerprint density at radius 1 is 1.38 bits per heavy atom. The van der Waals surface area contributed by atoms with E-state index in [1.165, 1.54) is 0 Å². The number of nitrogens with zero attached hydrogens (tertiary/aromatic N) is 2. The van der Waals surface area contributed by atoms with Crippen LogP contribution in [0.4, 0.5) is 0 Å². The molecule has 0 saturated carbocycles. The van der Waals surface area contributed by atoms with Gasteiger partial charge in [0.05, 0.1) is 11.6 Å². The molecule has 1 aromatic heterocycles. The van der Waals surface area contributed by atoms with Gasteiger partial charge in [0.15, 0.2) is 0 Å². The van der Waals surface area contributed by atoms with Gasteiger partial charge in [-0.15, -0.1) is 0 Å². The summed E-state index contributed by atoms with van der Waals surface area (Å²) in [6.07, 6.45) is 0. The van der Waals surface area contributed by atoms with Gasteiger partial charge in [-0.25, -0.2) is 0 Å². The van der Waals surface area contributed by atoms with Crippen molar-refractivity contribution in [1.29, 1.82) is 0 Å². The zero-order valence-corrected chi connectivity index (χ0v) is 13.4. The summed E-state index contributed by atoms with van der Waals surface area (Å²) in [5, 5.41) is 4.94. The van der Waals surface area contributed by atoms with E-state index in [0.29, 0.717) is 5.02 Å². The molecule has 112 valence electrons. The summed E-state index contributed by atoms with van der Waals surface area (Å²) >= 11 is 6.05. The van der Waals surface area contributed by atoms with Gasteiger partial charge in [0.2, 0.25) is 0 Å². The zero-order chi connectivity index (χ0) is 15.6. The molecule has 1 atom stereocenters. The number of hydrogen-bond acceptors (Lipinski definition) is 3. The number of aryl methyl sites for hydroxylation is 2. The van der Waals surface area contributed by atoms with E-state index in [0.717, 1.165) is 22.5 Å². The number of rotatable bonds is 4. The lowest BCUT2D eigenvalue weighted by Crippen LogP contribution is -2.14. The Labute approximate surface area is 129 Å². The van der Waals surface area contributed by atoms with Crippen molar-refractivity contribution in [3.8, 4) is 0 Å². The molecule has 0 amide bonds. The van der Waals surface area contributed by atoms with Crippen molar-refractivity contribution in [3.05, 3.63) is 51.8 Å². The molecule has 0 bridgehead atoms. The fraction of sp³-hybridized carbons (Fsp3) is 0.375. The van der Waals surface area contributed by atoms with E-state index in [9.17, 15) is 4.79 Å². The minimum Gasteiger partial charge on any atom is -0.460 e. The summed E-state index contributed by atoms with van der Waals surface area (Å²) in [6, 6.07) is 7.34. The monoisotopic (exact) mass is 306 g/mol. The van der Waals surface area contributed by atoms with Crippen molar-refractivity contribution in [1.82, 2.24) is 9.78 Å². The molecule has 0 radical (unpaired) electrons. The van der Waals surface area contributed by atoms with Gasteiger partial charge in [0.25, 0.3) is 0 Å². The van der Waals surface area contributed by atoms with E-state index in [2.05, 4.69) is 5.10 Å². The molecular formula is C16H19ClN2O2. The topological polar surface area (TPSA) is 44.1 Å². The average Bonchev–Trinajstić information content (AvgIpc) is 2.70. The molecule has 0 aliphatic heterocycles. The van der Waals surface area contributed by atoms with Gasteiger partial charge < -0.3 is 4.74 Å². The van der Waals surface area contributed by atoms with Gasteiger partial charge in [0, 0.05) is 28.9 Å². The predicted octanol–water partition coefficient (Wildman–Crippen LogP) is 3.54. The van der Waals surface area contributed by atoms with Crippen LogP contribution in [0.25, 0.3) is 0 Å². The third-order valence-electron chi connectivity index (χ3n) is 3.68. The summed E-state index contributed by atoms with van der Waals surface area (Å²) in [6.45, 7) is 5.88. The summed E-state index contributed by atoms with van der Waals surface area (Å²) < 4.78 is 7.16. The van der Waals surface area contributed by atoms with Gasteiger partial charge >= 0.3 is 5.97 Å². The number of carbonyl (C=O) groups excluding carboxylic acids is 1. The van der Waals surface area contributed by atoms with Crippen molar-refractivity contribution in [2.24, 2.45) is 7.05 Å². The molecule has 0 N–H and O–H groups in total. The third kappa shape index (κ3) is 3.27. The van der Waals surface area contributed by atoms with Crippen LogP contribution >= 0.6 is 11.6 Å². The van der Waals surface area contributed by atoms with E-state index < -0.39 is 0 Å². The van der Waals surface area contributed by atoms with Gasteiger partial charge in [-0.1, -0.05) is 29.8 Å². The minimum atomic E-state index is -0.346. The number of esters is 1. The lowest BCUT2D eigenvalue weighted by atomic mass is 9.99. The molecule has 4 nitrogen and oxygen atoms in total. The van der Waals surface area contributed by atoms with E-state index in [-0.39, 0.29) is 18.5 Å². The molecule has 0 spiro atoms. The van der Waals surface area contributed by atoms with E-state index in [1.807, 2.05) is 46.0 Å². The summed E-state index contributed by atoms with van der Waals surface area (Å²) in [5.74, 6) is -0.615. The number of aromatic nitrogens is 2. The van der Waals surface area contributed by atoms with Crippen LogP contribution in [0.5, 0.6) is 0 Å². The molecule has 0 saturated heterocycles. The SMILES string of the molecule is Cc1nn(C)c(C)c1[C@@H](C)C(=O)OCc1ccccc1Cl. The van der Waals surface area contributed by atoms with Crippen molar-refractivity contribution in [2.75, 3.05) is 0 Å². The Morgan fingerprint density at radius 3 is 2.62 bits per heavy atom. The highest BCUT2D eigenvalue weighted by atomic mass is 35.5. The van der Waals surface area contributed by atoms with Gasteiger partial charge in [0.1, 0.15) is 6.61 Å². The van der Waals surface area contributed by atoms with Crippen LogP contribution in [-0.4, -0.2) is 15.7 Å². The van der Waals surface area contributed by atoms with Gasteiger partial charge in [-0.05, 0) is 26.8 Å². The standard InChI is InChI=1S/C16H19ClN2O2/c1-10(15-11(2)18-19(4)12(15)3)16(20)21-9-13-7-5-6-8-14(13)17/h5-8,10H,9H2,1-4H3/t10-/m1/s1. The van der Waals surface area contributed by atoms with Crippen LogP contribution in [-0.2, 0) is 23.2 Å². The van der Waals surface area contributed by atoms with E-state index in [1.54, 1.807) is 10.7 Å². The van der Waals surface area contributed by atoms with Crippen molar-refractivity contribution >= 4 is 17.6 Å².